The molecule has 1 saturated carbocycles. The molecule has 1 aromatic carbocycles. The fourth-order valence-corrected chi connectivity index (χ4v) is 3.10. The minimum Gasteiger partial charge on any atom is -0.396 e. The Balaban J connectivity index is 2.20. The van der Waals surface area contributed by atoms with Gasteiger partial charge in [0.2, 0.25) is 0 Å². The van der Waals surface area contributed by atoms with E-state index in [1.54, 1.807) is 0 Å². The van der Waals surface area contributed by atoms with Gasteiger partial charge in [-0.05, 0) is 43.9 Å². The van der Waals surface area contributed by atoms with Gasteiger partial charge in [-0.2, -0.15) is 0 Å². The molecule has 1 aliphatic rings. The lowest BCUT2D eigenvalue weighted by Gasteiger charge is -2.44. The fraction of sp³-hybridized carbons (Fsp3) is 0.625. The molecule has 0 aliphatic heterocycles. The van der Waals surface area contributed by atoms with E-state index in [1.807, 2.05) is 12.1 Å². The maximum absolute atomic E-state index is 9.14. The summed E-state index contributed by atoms with van der Waals surface area (Å²) in [6, 6.07) is 8.85. The molecule has 1 aromatic rings. The monoisotopic (exact) mass is 296 g/mol. The standard InChI is InChI=1S/C16H25ClN2O/c1-12(18)16(13-6-8-14(17)9-7-13)19(10-3-11-20)15-4-2-5-15/h6-9,12,15-16,20H,2-5,10-11,18H2,1H3. The number of halogens is 1. The van der Waals surface area contributed by atoms with Crippen LogP contribution in [0.15, 0.2) is 24.3 Å². The highest BCUT2D eigenvalue weighted by atomic mass is 35.5. The summed E-state index contributed by atoms with van der Waals surface area (Å²) in [5, 5.41) is 9.89. The van der Waals surface area contributed by atoms with Crippen molar-refractivity contribution in [2.75, 3.05) is 13.2 Å². The summed E-state index contributed by atoms with van der Waals surface area (Å²) < 4.78 is 0. The van der Waals surface area contributed by atoms with Crippen molar-refractivity contribution < 1.29 is 5.11 Å². The lowest BCUT2D eigenvalue weighted by molar-refractivity contribution is 0.0613. The van der Waals surface area contributed by atoms with Crippen molar-refractivity contribution in [2.24, 2.45) is 5.73 Å². The average Bonchev–Trinajstić information content (AvgIpc) is 2.35. The first-order valence-electron chi connectivity index (χ1n) is 7.51. The lowest BCUT2D eigenvalue weighted by atomic mass is 9.87. The Morgan fingerprint density at radius 2 is 2.00 bits per heavy atom. The van der Waals surface area contributed by atoms with Crippen molar-refractivity contribution in [3.63, 3.8) is 0 Å². The first-order valence-corrected chi connectivity index (χ1v) is 7.89. The molecule has 2 atom stereocenters. The predicted molar refractivity (Wildman–Crippen MR) is 83.9 cm³/mol. The summed E-state index contributed by atoms with van der Waals surface area (Å²) >= 11 is 5.98. The number of hydrogen-bond donors (Lipinski definition) is 2. The summed E-state index contributed by atoms with van der Waals surface area (Å²) in [5.41, 5.74) is 7.48. The number of benzene rings is 1. The molecular weight excluding hydrogens is 272 g/mol. The van der Waals surface area contributed by atoms with Crippen LogP contribution in [0.5, 0.6) is 0 Å². The smallest absolute Gasteiger partial charge is 0.0499 e. The minimum absolute atomic E-state index is 0.0514. The van der Waals surface area contributed by atoms with Gasteiger partial charge < -0.3 is 10.8 Å². The van der Waals surface area contributed by atoms with Crippen LogP contribution in [0.2, 0.25) is 5.02 Å². The molecule has 2 rings (SSSR count). The number of rotatable bonds is 7. The Kier molecular flexibility index (Phi) is 5.85. The molecule has 0 heterocycles. The Morgan fingerprint density at radius 3 is 2.45 bits per heavy atom. The summed E-state index contributed by atoms with van der Waals surface area (Å²) in [4.78, 5) is 2.48. The zero-order valence-corrected chi connectivity index (χ0v) is 12.9. The molecule has 4 heteroatoms. The Morgan fingerprint density at radius 1 is 1.35 bits per heavy atom. The van der Waals surface area contributed by atoms with Crippen molar-refractivity contribution in [1.82, 2.24) is 4.90 Å². The second kappa shape index (κ2) is 7.41. The van der Waals surface area contributed by atoms with Gasteiger partial charge in [0, 0.05) is 36.3 Å². The van der Waals surface area contributed by atoms with Crippen LogP contribution in [-0.4, -0.2) is 35.2 Å². The Bertz CT molecular complexity index is 403. The van der Waals surface area contributed by atoms with Crippen LogP contribution >= 0.6 is 11.6 Å². The van der Waals surface area contributed by atoms with E-state index in [4.69, 9.17) is 22.4 Å². The molecule has 1 fully saturated rings. The van der Waals surface area contributed by atoms with Crippen LogP contribution in [0, 0.1) is 0 Å². The van der Waals surface area contributed by atoms with E-state index in [-0.39, 0.29) is 18.7 Å². The van der Waals surface area contributed by atoms with Crippen LogP contribution < -0.4 is 5.73 Å². The third-order valence-corrected chi connectivity index (χ3v) is 4.44. The SMILES string of the molecule is CC(N)C(c1ccc(Cl)cc1)N(CCCO)C1CCC1. The Hall–Kier alpha value is -0.610. The zero-order valence-electron chi connectivity index (χ0n) is 12.1. The van der Waals surface area contributed by atoms with Crippen molar-refractivity contribution >= 4 is 11.6 Å². The number of nitrogens with two attached hydrogens (primary N) is 1. The van der Waals surface area contributed by atoms with Crippen LogP contribution in [0.25, 0.3) is 0 Å². The number of hydrogen-bond acceptors (Lipinski definition) is 3. The van der Waals surface area contributed by atoms with Gasteiger partial charge in [-0.15, -0.1) is 0 Å². The molecule has 20 heavy (non-hydrogen) atoms. The molecule has 0 amide bonds. The van der Waals surface area contributed by atoms with Crippen molar-refractivity contribution in [1.29, 1.82) is 0 Å². The van der Waals surface area contributed by atoms with E-state index in [2.05, 4.69) is 24.0 Å². The summed E-state index contributed by atoms with van der Waals surface area (Å²) in [6.07, 6.45) is 4.57. The van der Waals surface area contributed by atoms with E-state index in [1.165, 1.54) is 24.8 Å². The Labute approximate surface area is 126 Å². The molecule has 0 spiro atoms. The van der Waals surface area contributed by atoms with Gasteiger partial charge >= 0.3 is 0 Å². The second-order valence-electron chi connectivity index (χ2n) is 5.76. The first kappa shape index (κ1) is 15.8. The molecular formula is C16H25ClN2O. The zero-order chi connectivity index (χ0) is 14.5. The van der Waals surface area contributed by atoms with Crippen molar-refractivity contribution in [2.45, 2.75) is 50.7 Å². The van der Waals surface area contributed by atoms with Crippen LogP contribution in [0.3, 0.4) is 0 Å². The molecule has 3 nitrogen and oxygen atoms in total. The van der Waals surface area contributed by atoms with Gasteiger partial charge in [0.05, 0.1) is 0 Å². The van der Waals surface area contributed by atoms with Crippen molar-refractivity contribution in [3.8, 4) is 0 Å². The van der Waals surface area contributed by atoms with Crippen LogP contribution in [0.1, 0.15) is 44.2 Å². The topological polar surface area (TPSA) is 49.5 Å². The highest BCUT2D eigenvalue weighted by Crippen LogP contribution is 2.34. The van der Waals surface area contributed by atoms with E-state index in [0.29, 0.717) is 6.04 Å². The molecule has 0 radical (unpaired) electrons. The third-order valence-electron chi connectivity index (χ3n) is 4.18. The molecule has 0 saturated heterocycles. The third kappa shape index (κ3) is 3.73. The predicted octanol–water partition coefficient (Wildman–Crippen LogP) is 2.97. The minimum atomic E-state index is 0.0514. The highest BCUT2D eigenvalue weighted by molar-refractivity contribution is 6.30. The van der Waals surface area contributed by atoms with E-state index in [9.17, 15) is 0 Å². The van der Waals surface area contributed by atoms with Gasteiger partial charge in [0.1, 0.15) is 0 Å². The van der Waals surface area contributed by atoms with E-state index in [0.717, 1.165) is 18.0 Å². The van der Waals surface area contributed by atoms with E-state index >= 15 is 0 Å². The summed E-state index contributed by atoms with van der Waals surface area (Å²) in [6.45, 7) is 3.19. The highest BCUT2D eigenvalue weighted by Gasteiger charge is 2.32. The quantitative estimate of drug-likeness (QED) is 0.813. The largest absolute Gasteiger partial charge is 0.396 e. The number of nitrogens with zero attached hydrogens (tertiary/aromatic N) is 1. The van der Waals surface area contributed by atoms with Gasteiger partial charge in [0.15, 0.2) is 0 Å². The van der Waals surface area contributed by atoms with Crippen molar-refractivity contribution in [3.05, 3.63) is 34.9 Å². The maximum atomic E-state index is 9.14. The van der Waals surface area contributed by atoms with Gasteiger partial charge in [-0.3, -0.25) is 4.90 Å². The maximum Gasteiger partial charge on any atom is 0.0499 e. The molecule has 0 bridgehead atoms. The molecule has 2 unspecified atom stereocenters. The van der Waals surface area contributed by atoms with Gasteiger partial charge in [-0.1, -0.05) is 30.2 Å². The fourth-order valence-electron chi connectivity index (χ4n) is 2.98. The molecule has 0 aromatic heterocycles. The summed E-state index contributed by atoms with van der Waals surface area (Å²) in [5.74, 6) is 0. The summed E-state index contributed by atoms with van der Waals surface area (Å²) in [7, 11) is 0. The second-order valence-corrected chi connectivity index (χ2v) is 6.19. The van der Waals surface area contributed by atoms with Crippen LogP contribution in [-0.2, 0) is 0 Å². The molecule has 3 N–H and O–H groups in total. The van der Waals surface area contributed by atoms with E-state index < -0.39 is 0 Å². The lowest BCUT2D eigenvalue weighted by Crippen LogP contribution is -2.48. The molecule has 1 aliphatic carbocycles. The number of aliphatic hydroxyl groups is 1. The average molecular weight is 297 g/mol. The first-order chi connectivity index (χ1) is 9.63. The van der Waals surface area contributed by atoms with Gasteiger partial charge in [-0.25, -0.2) is 0 Å². The van der Waals surface area contributed by atoms with Gasteiger partial charge in [0.25, 0.3) is 0 Å². The van der Waals surface area contributed by atoms with Crippen LogP contribution in [0.4, 0.5) is 0 Å². The normalized spacial score (nSPS) is 18.9. The number of aliphatic hydroxyl groups excluding tert-OH is 1. The molecule has 112 valence electrons.